The Morgan fingerprint density at radius 2 is 2.50 bits per heavy atom. The molecule has 5 nitrogen and oxygen atoms in total. The molecule has 1 atom stereocenters. The van der Waals surface area contributed by atoms with Crippen LogP contribution in [0.3, 0.4) is 0 Å². The zero-order valence-corrected chi connectivity index (χ0v) is 9.23. The van der Waals surface area contributed by atoms with Crippen molar-refractivity contribution in [1.82, 2.24) is 15.1 Å². The SMILES string of the molecule is Cc1[nH]ncc1C(=O)N1CCCCC1C#N. The molecule has 0 saturated carbocycles. The van der Waals surface area contributed by atoms with Gasteiger partial charge in [0.2, 0.25) is 0 Å². The fourth-order valence-electron chi connectivity index (χ4n) is 2.03. The van der Waals surface area contributed by atoms with Gasteiger partial charge in [-0.1, -0.05) is 0 Å². The van der Waals surface area contributed by atoms with E-state index in [1.165, 1.54) is 6.20 Å². The van der Waals surface area contributed by atoms with Crippen LogP contribution in [0.25, 0.3) is 0 Å². The van der Waals surface area contributed by atoms with Crippen LogP contribution in [0.1, 0.15) is 35.3 Å². The van der Waals surface area contributed by atoms with Gasteiger partial charge in [-0.15, -0.1) is 0 Å². The molecule has 1 aromatic heterocycles. The number of nitrogens with zero attached hydrogens (tertiary/aromatic N) is 3. The number of amides is 1. The Kier molecular flexibility index (Phi) is 2.91. The monoisotopic (exact) mass is 218 g/mol. The Morgan fingerprint density at radius 3 is 3.12 bits per heavy atom. The Morgan fingerprint density at radius 1 is 1.69 bits per heavy atom. The van der Waals surface area contributed by atoms with Crippen molar-refractivity contribution in [2.24, 2.45) is 0 Å². The van der Waals surface area contributed by atoms with E-state index in [4.69, 9.17) is 5.26 Å². The van der Waals surface area contributed by atoms with Gasteiger partial charge in [0.1, 0.15) is 6.04 Å². The van der Waals surface area contributed by atoms with E-state index < -0.39 is 0 Å². The molecule has 1 unspecified atom stereocenters. The van der Waals surface area contributed by atoms with Crippen LogP contribution in [0.4, 0.5) is 0 Å². The van der Waals surface area contributed by atoms with Gasteiger partial charge in [0.05, 0.1) is 17.8 Å². The highest BCUT2D eigenvalue weighted by molar-refractivity contribution is 5.95. The van der Waals surface area contributed by atoms with Gasteiger partial charge in [-0.3, -0.25) is 9.89 Å². The lowest BCUT2D eigenvalue weighted by Crippen LogP contribution is -2.43. The second-order valence-electron chi connectivity index (χ2n) is 4.05. The van der Waals surface area contributed by atoms with E-state index in [1.54, 1.807) is 4.90 Å². The number of carbonyl (C=O) groups excluding carboxylic acids is 1. The van der Waals surface area contributed by atoms with Crippen molar-refractivity contribution < 1.29 is 4.79 Å². The zero-order chi connectivity index (χ0) is 11.5. The summed E-state index contributed by atoms with van der Waals surface area (Å²) in [5.41, 5.74) is 1.33. The molecule has 1 saturated heterocycles. The summed E-state index contributed by atoms with van der Waals surface area (Å²) in [4.78, 5) is 13.8. The molecule has 1 aliphatic rings. The first kappa shape index (κ1) is 10.7. The molecule has 2 rings (SSSR count). The fraction of sp³-hybridized carbons (Fsp3) is 0.545. The number of nitrogens with one attached hydrogen (secondary N) is 1. The van der Waals surface area contributed by atoms with Gasteiger partial charge in [0, 0.05) is 12.2 Å². The molecule has 16 heavy (non-hydrogen) atoms. The average Bonchev–Trinajstić information content (AvgIpc) is 2.74. The Hall–Kier alpha value is -1.83. The van der Waals surface area contributed by atoms with Crippen molar-refractivity contribution in [3.8, 4) is 6.07 Å². The van der Waals surface area contributed by atoms with Crippen LogP contribution in [0.15, 0.2) is 6.20 Å². The second-order valence-corrected chi connectivity index (χ2v) is 4.05. The summed E-state index contributed by atoms with van der Waals surface area (Å²) in [5.74, 6) is -0.0856. The molecule has 5 heteroatoms. The van der Waals surface area contributed by atoms with Gasteiger partial charge in [-0.2, -0.15) is 10.4 Å². The van der Waals surface area contributed by atoms with E-state index in [2.05, 4.69) is 16.3 Å². The predicted molar refractivity (Wildman–Crippen MR) is 57.6 cm³/mol. The van der Waals surface area contributed by atoms with Gasteiger partial charge >= 0.3 is 0 Å². The number of hydrogen-bond donors (Lipinski definition) is 1. The number of H-pyrrole nitrogens is 1. The lowest BCUT2D eigenvalue weighted by atomic mass is 10.0. The third-order valence-corrected chi connectivity index (χ3v) is 2.97. The third kappa shape index (κ3) is 1.78. The first-order chi connectivity index (χ1) is 7.74. The molecule has 84 valence electrons. The minimum atomic E-state index is -0.282. The van der Waals surface area contributed by atoms with Crippen LogP contribution in [-0.4, -0.2) is 33.6 Å². The van der Waals surface area contributed by atoms with Crippen molar-refractivity contribution in [3.05, 3.63) is 17.5 Å². The number of carbonyl (C=O) groups is 1. The first-order valence-corrected chi connectivity index (χ1v) is 5.44. The molecule has 1 aliphatic heterocycles. The average molecular weight is 218 g/mol. The molecule has 1 aromatic rings. The molecule has 0 radical (unpaired) electrons. The van der Waals surface area contributed by atoms with Gasteiger partial charge in [-0.25, -0.2) is 0 Å². The van der Waals surface area contributed by atoms with Crippen LogP contribution in [0.2, 0.25) is 0 Å². The Labute approximate surface area is 94.1 Å². The van der Waals surface area contributed by atoms with E-state index in [0.29, 0.717) is 12.1 Å². The fourth-order valence-corrected chi connectivity index (χ4v) is 2.03. The molecule has 1 amide bonds. The summed E-state index contributed by atoms with van der Waals surface area (Å²) in [6.45, 7) is 2.48. The highest BCUT2D eigenvalue weighted by atomic mass is 16.2. The maximum absolute atomic E-state index is 12.2. The number of aromatic nitrogens is 2. The minimum absolute atomic E-state index is 0.0856. The second kappa shape index (κ2) is 4.35. The molecule has 0 spiro atoms. The smallest absolute Gasteiger partial charge is 0.258 e. The zero-order valence-electron chi connectivity index (χ0n) is 9.23. The van der Waals surface area contributed by atoms with Crippen LogP contribution in [0, 0.1) is 18.3 Å². The largest absolute Gasteiger partial charge is 0.323 e. The summed E-state index contributed by atoms with van der Waals surface area (Å²) in [6.07, 6.45) is 4.30. The van der Waals surface area contributed by atoms with Gasteiger partial charge in [0.15, 0.2) is 0 Å². The summed E-state index contributed by atoms with van der Waals surface area (Å²) >= 11 is 0. The molecule has 0 aromatic carbocycles. The highest BCUT2D eigenvalue weighted by Gasteiger charge is 2.28. The quantitative estimate of drug-likeness (QED) is 0.770. The summed E-state index contributed by atoms with van der Waals surface area (Å²) in [6, 6.07) is 1.91. The molecule has 0 bridgehead atoms. The standard InChI is InChI=1S/C11H14N4O/c1-8-10(7-13-14-8)11(16)15-5-3-2-4-9(15)6-12/h7,9H,2-5H2,1H3,(H,13,14). The minimum Gasteiger partial charge on any atom is -0.323 e. The number of likely N-dealkylation sites (tertiary alicyclic amines) is 1. The number of rotatable bonds is 1. The van der Waals surface area contributed by atoms with Gasteiger partial charge in [-0.05, 0) is 26.2 Å². The first-order valence-electron chi connectivity index (χ1n) is 5.44. The number of aromatic amines is 1. The lowest BCUT2D eigenvalue weighted by molar-refractivity contribution is 0.0670. The normalized spacial score (nSPS) is 20.5. The molecular formula is C11H14N4O. The van der Waals surface area contributed by atoms with Gasteiger partial charge < -0.3 is 4.90 Å². The van der Waals surface area contributed by atoms with Crippen LogP contribution in [0.5, 0.6) is 0 Å². The third-order valence-electron chi connectivity index (χ3n) is 2.97. The molecule has 1 fully saturated rings. The topological polar surface area (TPSA) is 72.8 Å². The van der Waals surface area contributed by atoms with Crippen molar-refractivity contribution >= 4 is 5.91 Å². The van der Waals surface area contributed by atoms with E-state index >= 15 is 0 Å². The Bertz CT molecular complexity index is 431. The molecule has 2 heterocycles. The van der Waals surface area contributed by atoms with Crippen LogP contribution < -0.4 is 0 Å². The van der Waals surface area contributed by atoms with Crippen molar-refractivity contribution in [2.75, 3.05) is 6.54 Å². The van der Waals surface area contributed by atoms with Crippen LogP contribution in [-0.2, 0) is 0 Å². The van der Waals surface area contributed by atoms with E-state index in [1.807, 2.05) is 6.92 Å². The maximum atomic E-state index is 12.2. The van der Waals surface area contributed by atoms with Crippen molar-refractivity contribution in [1.29, 1.82) is 5.26 Å². The molecular weight excluding hydrogens is 204 g/mol. The van der Waals surface area contributed by atoms with E-state index in [9.17, 15) is 4.79 Å². The van der Waals surface area contributed by atoms with E-state index in [-0.39, 0.29) is 11.9 Å². The van der Waals surface area contributed by atoms with Gasteiger partial charge in [0.25, 0.3) is 5.91 Å². The number of nitriles is 1. The van der Waals surface area contributed by atoms with Crippen molar-refractivity contribution in [2.45, 2.75) is 32.2 Å². The summed E-state index contributed by atoms with van der Waals surface area (Å²) < 4.78 is 0. The van der Waals surface area contributed by atoms with E-state index in [0.717, 1.165) is 25.0 Å². The van der Waals surface area contributed by atoms with Crippen molar-refractivity contribution in [3.63, 3.8) is 0 Å². The summed E-state index contributed by atoms with van der Waals surface area (Å²) in [5, 5.41) is 15.6. The highest BCUT2D eigenvalue weighted by Crippen LogP contribution is 2.19. The number of piperidine rings is 1. The lowest BCUT2D eigenvalue weighted by Gasteiger charge is -2.31. The summed E-state index contributed by atoms with van der Waals surface area (Å²) in [7, 11) is 0. The maximum Gasteiger partial charge on any atom is 0.258 e. The molecule has 1 N–H and O–H groups in total. The number of hydrogen-bond acceptors (Lipinski definition) is 3. The number of aryl methyl sites for hydroxylation is 1. The van der Waals surface area contributed by atoms with Crippen LogP contribution >= 0.6 is 0 Å². The predicted octanol–water partition coefficient (Wildman–Crippen LogP) is 1.24. The Balaban J connectivity index is 2.21. The molecule has 0 aliphatic carbocycles.